The SMILES string of the molecule is [I-].[Zn+][CH2]I. The van der Waals surface area contributed by atoms with Gasteiger partial charge in [0.05, 0.1) is 0 Å². The van der Waals surface area contributed by atoms with Crippen LogP contribution in [0.5, 0.6) is 0 Å². The first-order valence-corrected chi connectivity index (χ1v) is 4.39. The van der Waals surface area contributed by atoms with Crippen LogP contribution in [0.2, 0.25) is 0 Å². The Hall–Kier alpha value is 2.08. The summed E-state index contributed by atoms with van der Waals surface area (Å²) in [6.45, 7) is 0. The molecule has 0 aromatic carbocycles. The van der Waals surface area contributed by atoms with Crippen LogP contribution in [0.3, 0.4) is 0 Å². The van der Waals surface area contributed by atoms with Crippen molar-refractivity contribution in [2.45, 2.75) is 0 Å². The molecule has 22 valence electrons. The molecular formula is CH2I2Zn. The van der Waals surface area contributed by atoms with E-state index in [1.807, 2.05) is 0 Å². The quantitative estimate of drug-likeness (QED) is 0.272. The number of alkyl halides is 1. The van der Waals surface area contributed by atoms with Gasteiger partial charge in [-0.25, -0.2) is 0 Å². The molecular weight excluding hydrogens is 331 g/mol. The molecule has 0 aliphatic heterocycles. The van der Waals surface area contributed by atoms with Crippen LogP contribution in [0.15, 0.2) is 0 Å². The summed E-state index contributed by atoms with van der Waals surface area (Å²) in [5.41, 5.74) is 0. The Balaban J connectivity index is 0. The van der Waals surface area contributed by atoms with Crippen LogP contribution >= 0.6 is 22.6 Å². The minimum absolute atomic E-state index is 0. The van der Waals surface area contributed by atoms with E-state index >= 15 is 0 Å². The van der Waals surface area contributed by atoms with Gasteiger partial charge < -0.3 is 24.0 Å². The van der Waals surface area contributed by atoms with Gasteiger partial charge in [0.2, 0.25) is 0 Å². The fraction of sp³-hybridized carbons (Fsp3) is 1.00. The molecule has 0 saturated carbocycles. The zero-order valence-electron chi connectivity index (χ0n) is 2.17. The predicted molar refractivity (Wildman–Crippen MR) is 18.9 cm³/mol. The van der Waals surface area contributed by atoms with Crippen molar-refractivity contribution >= 4 is 22.6 Å². The van der Waals surface area contributed by atoms with Crippen LogP contribution in [0.1, 0.15) is 0 Å². The van der Waals surface area contributed by atoms with Gasteiger partial charge in [0, 0.05) is 0 Å². The van der Waals surface area contributed by atoms with Crippen molar-refractivity contribution in [2.75, 3.05) is 3.02 Å². The van der Waals surface area contributed by atoms with Crippen LogP contribution in [0.4, 0.5) is 0 Å². The molecule has 0 saturated heterocycles. The van der Waals surface area contributed by atoms with Crippen molar-refractivity contribution in [3.63, 3.8) is 0 Å². The summed E-state index contributed by atoms with van der Waals surface area (Å²) in [7, 11) is 0. The van der Waals surface area contributed by atoms with Crippen LogP contribution in [-0.4, -0.2) is 3.02 Å². The van der Waals surface area contributed by atoms with Crippen molar-refractivity contribution < 1.29 is 42.3 Å². The second-order valence-corrected chi connectivity index (χ2v) is 6.59. The van der Waals surface area contributed by atoms with Crippen LogP contribution in [-0.2, 0) is 18.3 Å². The molecule has 0 bridgehead atoms. The Kier molecular flexibility index (Phi) is 21.0. The van der Waals surface area contributed by atoms with E-state index < -0.39 is 0 Å². The van der Waals surface area contributed by atoms with Gasteiger partial charge in [0.25, 0.3) is 0 Å². The fourth-order valence-electron chi connectivity index (χ4n) is 0. The van der Waals surface area contributed by atoms with Crippen LogP contribution in [0.25, 0.3) is 0 Å². The topological polar surface area (TPSA) is 0 Å². The Morgan fingerprint density at radius 1 is 1.75 bits per heavy atom. The molecule has 0 rings (SSSR count). The summed E-state index contributed by atoms with van der Waals surface area (Å²) < 4.78 is 1.34. The molecule has 4 heavy (non-hydrogen) atoms. The van der Waals surface area contributed by atoms with Crippen LogP contribution in [0, 0.1) is 0 Å². The zero-order chi connectivity index (χ0) is 2.71. The third-order valence-corrected chi connectivity index (χ3v) is 0. The van der Waals surface area contributed by atoms with E-state index in [1.165, 1.54) is 21.3 Å². The molecule has 0 aliphatic carbocycles. The molecule has 0 amide bonds. The summed E-state index contributed by atoms with van der Waals surface area (Å²) in [5.74, 6) is 0. The first-order chi connectivity index (χ1) is 1.41. The first kappa shape index (κ1) is 9.43. The van der Waals surface area contributed by atoms with Crippen molar-refractivity contribution in [1.82, 2.24) is 0 Å². The molecule has 0 atom stereocenters. The number of halogens is 2. The van der Waals surface area contributed by atoms with Gasteiger partial charge in [-0.2, -0.15) is 0 Å². The average Bonchev–Trinajstić information content (AvgIpc) is 0.918. The summed E-state index contributed by atoms with van der Waals surface area (Å²) >= 11 is 3.78. The summed E-state index contributed by atoms with van der Waals surface area (Å²) in [4.78, 5) is 0. The third kappa shape index (κ3) is 8.94. The Bertz CT molecular complexity index is 6.00. The van der Waals surface area contributed by atoms with Gasteiger partial charge in [-0.15, -0.1) is 0 Å². The van der Waals surface area contributed by atoms with E-state index in [1.54, 1.807) is 0 Å². The normalized spacial score (nSPS) is 4.75. The second-order valence-electron chi connectivity index (χ2n) is 0.189. The van der Waals surface area contributed by atoms with Gasteiger partial charge in [-0.3, -0.25) is 0 Å². The maximum absolute atomic E-state index is 2.34. The van der Waals surface area contributed by atoms with Crippen molar-refractivity contribution in [3.8, 4) is 0 Å². The monoisotopic (exact) mass is 332 g/mol. The number of rotatable bonds is 0. The number of hydrogen-bond acceptors (Lipinski definition) is 0. The van der Waals surface area contributed by atoms with Gasteiger partial charge in [0.1, 0.15) is 0 Å². The van der Waals surface area contributed by atoms with Crippen LogP contribution < -0.4 is 24.0 Å². The fourth-order valence-corrected chi connectivity index (χ4v) is 0. The Labute approximate surface area is 66.9 Å². The van der Waals surface area contributed by atoms with E-state index in [9.17, 15) is 0 Å². The predicted octanol–water partition coefficient (Wildman–Crippen LogP) is -2.07. The molecule has 0 aromatic rings. The molecule has 0 aliphatic rings. The van der Waals surface area contributed by atoms with E-state index in [0.29, 0.717) is 0 Å². The van der Waals surface area contributed by atoms with Gasteiger partial charge in [-0.05, 0) is 0 Å². The zero-order valence-corrected chi connectivity index (χ0v) is 9.45. The van der Waals surface area contributed by atoms with Crippen molar-refractivity contribution in [3.05, 3.63) is 0 Å². The molecule has 0 N–H and O–H groups in total. The molecule has 0 radical (unpaired) electrons. The van der Waals surface area contributed by atoms with Gasteiger partial charge in [0.15, 0.2) is 0 Å². The van der Waals surface area contributed by atoms with E-state index in [0.717, 1.165) is 0 Å². The number of hydrogen-bond donors (Lipinski definition) is 0. The third-order valence-electron chi connectivity index (χ3n) is 0. The molecule has 0 aromatic heterocycles. The molecule has 0 fully saturated rings. The molecule has 0 nitrogen and oxygen atoms in total. The molecule has 0 unspecified atom stereocenters. The molecule has 0 spiro atoms. The van der Waals surface area contributed by atoms with E-state index in [2.05, 4.69) is 22.6 Å². The van der Waals surface area contributed by atoms with Crippen molar-refractivity contribution in [2.24, 2.45) is 0 Å². The average molecular weight is 333 g/mol. The first-order valence-electron chi connectivity index (χ1n) is 0.767. The molecule has 3 heteroatoms. The molecule has 0 heterocycles. The van der Waals surface area contributed by atoms with E-state index in [-0.39, 0.29) is 24.0 Å². The van der Waals surface area contributed by atoms with E-state index in [4.69, 9.17) is 0 Å². The van der Waals surface area contributed by atoms with Crippen molar-refractivity contribution in [1.29, 1.82) is 0 Å². The van der Waals surface area contributed by atoms with Gasteiger partial charge in [-0.1, -0.05) is 0 Å². The summed E-state index contributed by atoms with van der Waals surface area (Å²) in [6, 6.07) is 0. The van der Waals surface area contributed by atoms with Gasteiger partial charge >= 0.3 is 43.9 Å². The maximum atomic E-state index is 2.34. The standard InChI is InChI=1S/CH2I.HI.Zn/c1-2;;/h1H2;1H;/q;;+1/p-1. The Morgan fingerprint density at radius 2 is 1.75 bits per heavy atom. The minimum atomic E-state index is 0. The summed E-state index contributed by atoms with van der Waals surface area (Å²) in [6.07, 6.45) is 0. The second kappa shape index (κ2) is 8.92. The Morgan fingerprint density at radius 3 is 1.75 bits per heavy atom. The summed E-state index contributed by atoms with van der Waals surface area (Å²) in [5, 5.41) is 0.